The van der Waals surface area contributed by atoms with E-state index in [0.29, 0.717) is 5.56 Å². The topological polar surface area (TPSA) is 84.7 Å². The van der Waals surface area contributed by atoms with Crippen LogP contribution in [-0.2, 0) is 26.9 Å². The van der Waals surface area contributed by atoms with E-state index in [1.165, 1.54) is 53.1 Å². The van der Waals surface area contributed by atoms with Crippen LogP contribution < -0.4 is 4.90 Å². The molecule has 10 heteroatoms. The Morgan fingerprint density at radius 3 is 2.32 bits per heavy atom. The summed E-state index contributed by atoms with van der Waals surface area (Å²) in [6, 6.07) is 10.8. The third-order valence-corrected chi connectivity index (χ3v) is 6.29. The maximum atomic E-state index is 14.2. The number of halogens is 3. The predicted molar refractivity (Wildman–Crippen MR) is 115 cm³/mol. The first-order chi connectivity index (χ1) is 16.0. The Labute approximate surface area is 194 Å². The highest BCUT2D eigenvalue weighted by Gasteiger charge is 2.60. The molecule has 7 nitrogen and oxygen atoms in total. The minimum atomic E-state index is -3.01. The van der Waals surface area contributed by atoms with Crippen LogP contribution in [0.2, 0.25) is 0 Å². The number of anilines is 1. The first-order valence-electron chi connectivity index (χ1n) is 10.5. The Morgan fingerprint density at radius 2 is 1.79 bits per heavy atom. The lowest BCUT2D eigenvalue weighted by Crippen LogP contribution is -2.81. The number of carbonyl (C=O) groups is 3. The van der Waals surface area contributed by atoms with E-state index in [2.05, 4.69) is 0 Å². The second-order valence-corrected chi connectivity index (χ2v) is 8.64. The zero-order chi connectivity index (χ0) is 24.8. The lowest BCUT2D eigenvalue weighted by atomic mass is 9.83. The average Bonchev–Trinajstić information content (AvgIpc) is 2.74. The summed E-state index contributed by atoms with van der Waals surface area (Å²) in [5.74, 6) is -5.00. The first-order valence-corrected chi connectivity index (χ1v) is 10.5. The molecule has 0 bridgehead atoms. The van der Waals surface area contributed by atoms with E-state index in [9.17, 15) is 27.6 Å². The number of benzene rings is 2. The number of carbonyl (C=O) groups excluding carboxylic acids is 3. The second-order valence-electron chi connectivity index (χ2n) is 8.64. The van der Waals surface area contributed by atoms with E-state index < -0.39 is 29.1 Å². The SMILES string of the molecule is CC(=O)N1CC2(C1)C(=O)N(c1ccc(C#N)c(F)c1)CC(=O)N2Cc1ccc(C(C)(F)F)cc1. The molecule has 0 radical (unpaired) electrons. The Bertz CT molecular complexity index is 1210. The van der Waals surface area contributed by atoms with Crippen LogP contribution in [0.1, 0.15) is 30.5 Å². The average molecular weight is 470 g/mol. The summed E-state index contributed by atoms with van der Waals surface area (Å²) in [4.78, 5) is 42.6. The van der Waals surface area contributed by atoms with Crippen molar-refractivity contribution in [3.63, 3.8) is 0 Å². The highest BCUT2D eigenvalue weighted by Crippen LogP contribution is 2.37. The molecule has 0 atom stereocenters. The largest absolute Gasteiger partial charge is 0.337 e. The fraction of sp³-hybridized carbons (Fsp3) is 0.333. The number of nitrogens with zero attached hydrogens (tertiary/aromatic N) is 4. The van der Waals surface area contributed by atoms with Crippen LogP contribution in [0.25, 0.3) is 0 Å². The predicted octanol–water partition coefficient (Wildman–Crippen LogP) is 2.79. The molecule has 0 aromatic heterocycles. The standard InChI is InChI=1S/C24H21F3N4O3/c1-15(32)29-13-24(14-29)22(34)30(19-8-5-17(10-28)20(25)9-19)12-21(33)31(24)11-16-3-6-18(7-4-16)23(2,26)27/h3-9H,11-14H2,1-2H3. The lowest BCUT2D eigenvalue weighted by molar-refractivity contribution is -0.169. The smallest absolute Gasteiger partial charge is 0.270 e. The van der Waals surface area contributed by atoms with E-state index >= 15 is 0 Å². The molecule has 3 amide bonds. The van der Waals surface area contributed by atoms with Gasteiger partial charge in [0.1, 0.15) is 18.4 Å². The Balaban J connectivity index is 1.66. The molecule has 2 fully saturated rings. The van der Waals surface area contributed by atoms with Gasteiger partial charge in [0.15, 0.2) is 5.54 Å². The monoisotopic (exact) mass is 470 g/mol. The maximum Gasteiger partial charge on any atom is 0.270 e. The van der Waals surface area contributed by atoms with Gasteiger partial charge in [0.05, 0.1) is 18.7 Å². The molecule has 2 aliphatic rings. The van der Waals surface area contributed by atoms with Crippen molar-refractivity contribution in [2.75, 3.05) is 24.5 Å². The number of likely N-dealkylation sites (tertiary alicyclic amines) is 1. The molecule has 0 aliphatic carbocycles. The maximum absolute atomic E-state index is 14.2. The van der Waals surface area contributed by atoms with E-state index in [0.717, 1.165) is 17.9 Å². The minimum absolute atomic E-state index is 0.0124. The van der Waals surface area contributed by atoms with Crippen LogP contribution in [-0.4, -0.2) is 52.7 Å². The number of nitriles is 1. The van der Waals surface area contributed by atoms with Gasteiger partial charge in [0.2, 0.25) is 11.8 Å². The van der Waals surface area contributed by atoms with Crippen LogP contribution in [0.4, 0.5) is 18.9 Å². The van der Waals surface area contributed by atoms with E-state index in [-0.39, 0.29) is 48.9 Å². The van der Waals surface area contributed by atoms with E-state index in [1.54, 1.807) is 6.07 Å². The molecule has 2 aromatic rings. The molecule has 2 aliphatic heterocycles. The van der Waals surface area contributed by atoms with E-state index in [1.807, 2.05) is 0 Å². The van der Waals surface area contributed by atoms with Gasteiger partial charge in [-0.1, -0.05) is 24.3 Å². The Hall–Kier alpha value is -3.87. The summed E-state index contributed by atoms with van der Waals surface area (Å²) >= 11 is 0. The van der Waals surface area contributed by atoms with Crippen molar-refractivity contribution in [3.05, 3.63) is 65.0 Å². The number of amides is 3. The number of piperazine rings is 1. The molecule has 4 rings (SSSR count). The van der Waals surface area contributed by atoms with Gasteiger partial charge in [-0.25, -0.2) is 13.2 Å². The molecule has 2 aromatic carbocycles. The van der Waals surface area contributed by atoms with Gasteiger partial charge in [-0.2, -0.15) is 5.26 Å². The molecule has 1 spiro atoms. The number of rotatable bonds is 4. The van der Waals surface area contributed by atoms with Crippen molar-refractivity contribution < 1.29 is 27.6 Å². The molecule has 176 valence electrons. The summed E-state index contributed by atoms with van der Waals surface area (Å²) < 4.78 is 41.3. The van der Waals surface area contributed by atoms with Crippen LogP contribution >= 0.6 is 0 Å². The number of hydrogen-bond acceptors (Lipinski definition) is 4. The summed E-state index contributed by atoms with van der Waals surface area (Å²) in [5, 5.41) is 8.95. The molecule has 2 heterocycles. The van der Waals surface area contributed by atoms with Gasteiger partial charge in [-0.05, 0) is 23.8 Å². The third-order valence-electron chi connectivity index (χ3n) is 6.29. The zero-order valence-corrected chi connectivity index (χ0v) is 18.5. The normalized spacial score (nSPS) is 17.6. The van der Waals surface area contributed by atoms with Crippen molar-refractivity contribution in [1.82, 2.24) is 9.80 Å². The summed E-state index contributed by atoms with van der Waals surface area (Å²) in [6.07, 6.45) is 0. The summed E-state index contributed by atoms with van der Waals surface area (Å²) in [7, 11) is 0. The molecule has 0 unspecified atom stereocenters. The summed E-state index contributed by atoms with van der Waals surface area (Å²) in [6.45, 7) is 1.69. The highest BCUT2D eigenvalue weighted by atomic mass is 19.3. The number of alkyl halides is 2. The fourth-order valence-electron chi connectivity index (χ4n) is 4.31. The fourth-order valence-corrected chi connectivity index (χ4v) is 4.31. The summed E-state index contributed by atoms with van der Waals surface area (Å²) in [5.41, 5.74) is -1.05. The first kappa shape index (κ1) is 23.3. The van der Waals surface area contributed by atoms with Gasteiger partial charge in [0.25, 0.3) is 11.8 Å². The molecular formula is C24H21F3N4O3. The quantitative estimate of drug-likeness (QED) is 0.688. The molecular weight excluding hydrogens is 449 g/mol. The zero-order valence-electron chi connectivity index (χ0n) is 18.5. The van der Waals surface area contributed by atoms with Crippen molar-refractivity contribution in [1.29, 1.82) is 5.26 Å². The van der Waals surface area contributed by atoms with Gasteiger partial charge >= 0.3 is 0 Å². The third kappa shape index (κ3) is 3.87. The highest BCUT2D eigenvalue weighted by molar-refractivity contribution is 6.10. The van der Waals surface area contributed by atoms with Crippen LogP contribution in [0.3, 0.4) is 0 Å². The van der Waals surface area contributed by atoms with Crippen molar-refractivity contribution in [2.45, 2.75) is 31.9 Å². The van der Waals surface area contributed by atoms with Crippen LogP contribution in [0.15, 0.2) is 42.5 Å². The van der Waals surface area contributed by atoms with Gasteiger partial charge < -0.3 is 14.7 Å². The van der Waals surface area contributed by atoms with Gasteiger partial charge in [0, 0.05) is 31.6 Å². The molecule has 2 saturated heterocycles. The molecule has 0 N–H and O–H groups in total. The van der Waals surface area contributed by atoms with Crippen LogP contribution in [0.5, 0.6) is 0 Å². The van der Waals surface area contributed by atoms with Gasteiger partial charge in [-0.15, -0.1) is 0 Å². The lowest BCUT2D eigenvalue weighted by Gasteiger charge is -2.57. The van der Waals surface area contributed by atoms with Crippen LogP contribution in [0, 0.1) is 17.1 Å². The van der Waals surface area contributed by atoms with Crippen molar-refractivity contribution in [2.24, 2.45) is 0 Å². The Morgan fingerprint density at radius 1 is 1.15 bits per heavy atom. The van der Waals surface area contributed by atoms with Gasteiger partial charge in [-0.3, -0.25) is 14.4 Å². The number of hydrogen-bond donors (Lipinski definition) is 0. The van der Waals surface area contributed by atoms with Crippen molar-refractivity contribution >= 4 is 23.4 Å². The Kier molecular flexibility index (Phi) is 5.59. The molecule has 34 heavy (non-hydrogen) atoms. The second kappa shape index (κ2) is 8.17. The minimum Gasteiger partial charge on any atom is -0.337 e. The van der Waals surface area contributed by atoms with Crippen molar-refractivity contribution in [3.8, 4) is 6.07 Å². The van der Waals surface area contributed by atoms with E-state index in [4.69, 9.17) is 5.26 Å². The molecule has 0 saturated carbocycles.